The number of carboxylic acid groups (broad SMARTS) is 2. The van der Waals surface area contributed by atoms with E-state index >= 15 is 0 Å². The van der Waals surface area contributed by atoms with Crippen LogP contribution in [0.3, 0.4) is 0 Å². The van der Waals surface area contributed by atoms with E-state index in [0.29, 0.717) is 11.4 Å². The van der Waals surface area contributed by atoms with Gasteiger partial charge in [-0.2, -0.15) is 0 Å². The topological polar surface area (TPSA) is 239 Å². The van der Waals surface area contributed by atoms with Crippen LogP contribution in [0.5, 0.6) is 11.5 Å². The molecule has 192 valence electrons. The van der Waals surface area contributed by atoms with Crippen LogP contribution in [0.4, 0.5) is 11.4 Å². The van der Waals surface area contributed by atoms with Gasteiger partial charge in [0.05, 0.1) is 34.2 Å². The Labute approximate surface area is 210 Å². The minimum atomic E-state index is -1.28. The number of aromatic hydroxyl groups is 2. The zero-order valence-electron chi connectivity index (χ0n) is 19.5. The first-order valence-corrected chi connectivity index (χ1v) is 10.5. The number of pyridine rings is 1. The molecule has 0 amide bonds. The number of anilines is 2. The predicted octanol–water partition coefficient (Wildman–Crippen LogP) is 1.47. The van der Waals surface area contributed by atoms with Crippen LogP contribution in [0, 0.1) is 6.92 Å². The summed E-state index contributed by atoms with van der Waals surface area (Å²) in [5.41, 5.74) is 14.0. The number of aromatic nitrogens is 1. The van der Waals surface area contributed by atoms with Crippen molar-refractivity contribution in [1.82, 2.24) is 4.98 Å². The molecule has 0 saturated carbocycles. The fourth-order valence-corrected chi connectivity index (χ4v) is 3.27. The summed E-state index contributed by atoms with van der Waals surface area (Å²) in [6.45, 7) is 1.79. The number of phenols is 2. The lowest BCUT2D eigenvalue weighted by Crippen LogP contribution is -2.26. The second-order valence-corrected chi connectivity index (χ2v) is 7.91. The van der Waals surface area contributed by atoms with Gasteiger partial charge in [0.25, 0.3) is 0 Å². The number of aryl methyl sites for hydroxylation is 1. The molecule has 3 aromatic rings. The molecule has 0 radical (unpaired) electrons. The first kappa shape index (κ1) is 26.3. The molecule has 1 aromatic heterocycles. The summed E-state index contributed by atoms with van der Waals surface area (Å²) >= 11 is 0. The second kappa shape index (κ2) is 10.6. The van der Waals surface area contributed by atoms with Gasteiger partial charge >= 0.3 is 11.9 Å². The number of carbonyl (C=O) groups is 2. The van der Waals surface area contributed by atoms with E-state index in [4.69, 9.17) is 33.4 Å². The summed E-state index contributed by atoms with van der Waals surface area (Å²) in [5, 5.41) is 40.1. The zero-order chi connectivity index (χ0) is 27.4. The van der Waals surface area contributed by atoms with Gasteiger partial charge in [0.1, 0.15) is 22.6 Å². The minimum absolute atomic E-state index is 0.140. The Kier molecular flexibility index (Phi) is 7.51. The summed E-state index contributed by atoms with van der Waals surface area (Å²) in [4.78, 5) is 26.6. The van der Waals surface area contributed by atoms with E-state index < -0.39 is 23.4 Å². The van der Waals surface area contributed by atoms with Gasteiger partial charge in [0.15, 0.2) is 0 Å². The van der Waals surface area contributed by atoms with Crippen LogP contribution < -0.4 is 33.2 Å². The first-order chi connectivity index (χ1) is 17.4. The number of aromatic carboxylic acids is 2. The molecule has 3 rings (SSSR count). The molecule has 0 atom stereocenters. The van der Waals surface area contributed by atoms with Crippen molar-refractivity contribution in [3.63, 3.8) is 0 Å². The van der Waals surface area contributed by atoms with Gasteiger partial charge in [-0.25, -0.2) is 26.3 Å². The summed E-state index contributed by atoms with van der Waals surface area (Å²) < 4.78 is 0. The molecule has 0 aliphatic carbocycles. The van der Waals surface area contributed by atoms with E-state index in [9.17, 15) is 19.8 Å². The maximum atomic E-state index is 11.1. The van der Waals surface area contributed by atoms with Gasteiger partial charge in [-0.1, -0.05) is 0 Å². The Bertz CT molecular complexity index is 1330. The van der Waals surface area contributed by atoms with Crippen LogP contribution in [0.15, 0.2) is 60.9 Å². The van der Waals surface area contributed by atoms with Gasteiger partial charge in [0, 0.05) is 24.5 Å². The Hall–Kier alpha value is -5.27. The number of hydrogen-bond acceptors (Lipinski definition) is 11. The number of rotatable bonds is 8. The van der Waals surface area contributed by atoms with Crippen LogP contribution in [-0.4, -0.2) is 37.3 Å². The average molecular weight is 508 g/mol. The van der Waals surface area contributed by atoms with Gasteiger partial charge in [-0.05, 0) is 48.9 Å². The van der Waals surface area contributed by atoms with E-state index in [0.717, 1.165) is 15.6 Å². The van der Waals surface area contributed by atoms with Crippen molar-refractivity contribution in [2.45, 2.75) is 6.92 Å². The lowest BCUT2D eigenvalue weighted by atomic mass is 10.1. The quantitative estimate of drug-likeness (QED) is 0.159. The Morgan fingerprint density at radius 1 is 0.757 bits per heavy atom. The van der Waals surface area contributed by atoms with Crippen LogP contribution >= 0.6 is 0 Å². The van der Waals surface area contributed by atoms with Crippen molar-refractivity contribution in [3.8, 4) is 11.5 Å². The molecule has 0 aliphatic heterocycles. The van der Waals surface area contributed by atoms with E-state index in [1.54, 1.807) is 19.1 Å². The third-order valence-corrected chi connectivity index (χ3v) is 5.14. The van der Waals surface area contributed by atoms with Gasteiger partial charge in [0.2, 0.25) is 0 Å². The van der Waals surface area contributed by atoms with Crippen molar-refractivity contribution >= 4 is 34.7 Å². The molecule has 37 heavy (non-hydrogen) atoms. The molecule has 0 bridgehead atoms. The molecular formula is C24H25N7O6. The van der Waals surface area contributed by atoms with Crippen molar-refractivity contribution in [3.05, 3.63) is 89.0 Å². The minimum Gasteiger partial charge on any atom is -0.507 e. The fourth-order valence-electron chi connectivity index (χ4n) is 3.27. The third kappa shape index (κ3) is 6.05. The van der Waals surface area contributed by atoms with Crippen LogP contribution in [0.2, 0.25) is 0 Å². The fraction of sp³-hybridized carbons (Fsp3) is 0.0417. The summed E-state index contributed by atoms with van der Waals surface area (Å²) in [5.74, 6) is 8.54. The lowest BCUT2D eigenvalue weighted by Gasteiger charge is -2.17. The number of nitrogens with two attached hydrogens (primary N) is 4. The van der Waals surface area contributed by atoms with Crippen LogP contribution in [0.1, 0.15) is 37.7 Å². The summed E-state index contributed by atoms with van der Waals surface area (Å²) in [6.07, 6.45) is 2.67. The molecule has 2 aromatic carbocycles. The van der Waals surface area contributed by atoms with E-state index in [1.807, 2.05) is 0 Å². The van der Waals surface area contributed by atoms with Crippen LogP contribution in [-0.2, 0) is 0 Å². The number of hydrazine groups is 2. The normalized spacial score (nSPS) is 11.8. The SMILES string of the molecule is Cc1cc(/C(N)=C/N(N)c2ccc(C(=O)O)c(O)c2)nc(/C(N)=C/N(N)c2ccc(C(=O)O)c(O)c2)c1. The van der Waals surface area contributed by atoms with Gasteiger partial charge in [-0.3, -0.25) is 10.0 Å². The molecule has 12 N–H and O–H groups in total. The van der Waals surface area contributed by atoms with E-state index in [-0.39, 0.29) is 33.9 Å². The highest BCUT2D eigenvalue weighted by Crippen LogP contribution is 2.26. The van der Waals surface area contributed by atoms with Crippen molar-refractivity contribution in [1.29, 1.82) is 0 Å². The molecule has 13 nitrogen and oxygen atoms in total. The molecule has 0 aliphatic rings. The number of benzene rings is 2. The molecule has 0 unspecified atom stereocenters. The highest BCUT2D eigenvalue weighted by Gasteiger charge is 2.14. The Morgan fingerprint density at radius 3 is 1.46 bits per heavy atom. The molecular weight excluding hydrogens is 482 g/mol. The molecule has 0 fully saturated rings. The summed E-state index contributed by atoms with van der Waals surface area (Å²) in [7, 11) is 0. The standard InChI is InChI=1S/C24H25N7O6/c1-12-6-19(17(25)10-30(27)13-2-4-15(23(34)35)21(32)8-13)29-20(7-12)18(26)11-31(28)14-3-5-16(24(36)37)22(33)9-14/h2-11,32-33H,25-28H2,1H3,(H,34,35)(H,36,37)/b17-10-,18-11-. The Balaban J connectivity index is 1.87. The lowest BCUT2D eigenvalue weighted by molar-refractivity contribution is 0.0682. The van der Waals surface area contributed by atoms with Crippen molar-refractivity contribution in [2.75, 3.05) is 10.0 Å². The average Bonchev–Trinajstić information content (AvgIpc) is 2.82. The number of nitrogens with zero attached hydrogens (tertiary/aromatic N) is 3. The van der Waals surface area contributed by atoms with Crippen LogP contribution in [0.25, 0.3) is 11.4 Å². The monoisotopic (exact) mass is 507 g/mol. The largest absolute Gasteiger partial charge is 0.507 e. The number of hydrogen-bond donors (Lipinski definition) is 8. The molecule has 1 heterocycles. The van der Waals surface area contributed by atoms with Crippen molar-refractivity contribution < 1.29 is 30.0 Å². The highest BCUT2D eigenvalue weighted by molar-refractivity contribution is 5.92. The van der Waals surface area contributed by atoms with Gasteiger partial charge in [-0.15, -0.1) is 0 Å². The van der Waals surface area contributed by atoms with E-state index in [2.05, 4.69) is 4.98 Å². The third-order valence-electron chi connectivity index (χ3n) is 5.14. The Morgan fingerprint density at radius 2 is 1.14 bits per heavy atom. The summed E-state index contributed by atoms with van der Waals surface area (Å²) in [6, 6.07) is 10.9. The highest BCUT2D eigenvalue weighted by atomic mass is 16.4. The molecule has 13 heteroatoms. The molecule has 0 saturated heterocycles. The van der Waals surface area contributed by atoms with Gasteiger partial charge < -0.3 is 31.9 Å². The maximum absolute atomic E-state index is 11.1. The second-order valence-electron chi connectivity index (χ2n) is 7.91. The predicted molar refractivity (Wildman–Crippen MR) is 137 cm³/mol. The number of carboxylic acids is 2. The molecule has 0 spiro atoms. The first-order valence-electron chi connectivity index (χ1n) is 10.5. The zero-order valence-corrected chi connectivity index (χ0v) is 19.5. The smallest absolute Gasteiger partial charge is 0.339 e. The van der Waals surface area contributed by atoms with E-state index in [1.165, 1.54) is 48.8 Å². The maximum Gasteiger partial charge on any atom is 0.339 e. The van der Waals surface area contributed by atoms with Crippen molar-refractivity contribution in [2.24, 2.45) is 23.2 Å².